The van der Waals surface area contributed by atoms with Gasteiger partial charge < -0.3 is 5.32 Å². The molecule has 2 N–H and O–H groups in total. The van der Waals surface area contributed by atoms with Gasteiger partial charge in [-0.3, -0.25) is 24.0 Å². The van der Waals surface area contributed by atoms with Crippen molar-refractivity contribution in [1.82, 2.24) is 19.8 Å². The Morgan fingerprint density at radius 1 is 1.12 bits per heavy atom. The molecule has 1 aromatic carbocycles. The lowest BCUT2D eigenvalue weighted by atomic mass is 9.77. The van der Waals surface area contributed by atoms with Crippen LogP contribution in [0.4, 0.5) is 0 Å². The Morgan fingerprint density at radius 2 is 1.91 bits per heavy atom. The van der Waals surface area contributed by atoms with Crippen LogP contribution in [0.2, 0.25) is 0 Å². The number of para-hydroxylation sites is 1. The third-order valence-corrected chi connectivity index (χ3v) is 7.32. The average molecular weight is 441 g/mol. The number of rotatable bonds is 5. The number of carbonyl (C=O) groups excluding carboxylic acids is 2. The molecule has 2 fully saturated rings. The maximum atomic E-state index is 13.1. The molecule has 3 unspecified atom stereocenters. The molecule has 0 aliphatic carbocycles. The largest absolute Gasteiger partial charge is 0.329 e. The van der Waals surface area contributed by atoms with Crippen LogP contribution in [0.1, 0.15) is 70.9 Å². The molecule has 174 valence electrons. The zero-order valence-corrected chi connectivity index (χ0v) is 19.7. The van der Waals surface area contributed by atoms with E-state index in [1.165, 1.54) is 19.3 Å². The predicted molar refractivity (Wildman–Crippen MR) is 126 cm³/mol. The molecule has 32 heavy (non-hydrogen) atoms. The van der Waals surface area contributed by atoms with Gasteiger partial charge in [0.05, 0.1) is 11.0 Å². The van der Waals surface area contributed by atoms with E-state index in [0.717, 1.165) is 41.9 Å². The van der Waals surface area contributed by atoms with Gasteiger partial charge in [-0.15, -0.1) is 0 Å². The van der Waals surface area contributed by atoms with Crippen LogP contribution in [0, 0.1) is 11.3 Å². The lowest BCUT2D eigenvalue weighted by Gasteiger charge is -2.38. The van der Waals surface area contributed by atoms with Gasteiger partial charge >= 0.3 is 5.69 Å². The van der Waals surface area contributed by atoms with Crippen molar-refractivity contribution in [3.63, 3.8) is 0 Å². The van der Waals surface area contributed by atoms with Crippen LogP contribution in [0.5, 0.6) is 0 Å². The van der Waals surface area contributed by atoms with E-state index in [9.17, 15) is 14.4 Å². The quantitative estimate of drug-likeness (QED) is 0.700. The summed E-state index contributed by atoms with van der Waals surface area (Å²) in [5, 5.41) is 6.06. The van der Waals surface area contributed by atoms with Crippen molar-refractivity contribution in [3.05, 3.63) is 34.2 Å². The van der Waals surface area contributed by atoms with Crippen molar-refractivity contribution in [2.75, 3.05) is 6.54 Å². The number of imide groups is 1. The van der Waals surface area contributed by atoms with Crippen molar-refractivity contribution in [2.24, 2.45) is 18.4 Å². The summed E-state index contributed by atoms with van der Waals surface area (Å²) in [4.78, 5) is 37.1. The van der Waals surface area contributed by atoms with E-state index in [2.05, 4.69) is 37.5 Å². The summed E-state index contributed by atoms with van der Waals surface area (Å²) in [7, 11) is 1.78. The molecule has 2 aromatic rings. The number of benzene rings is 1. The summed E-state index contributed by atoms with van der Waals surface area (Å²) in [6.07, 6.45) is 6.24. The Kier molecular flexibility index (Phi) is 6.30. The van der Waals surface area contributed by atoms with Crippen LogP contribution in [-0.4, -0.2) is 33.5 Å². The third-order valence-electron chi connectivity index (χ3n) is 7.32. The molecule has 0 spiro atoms. The Morgan fingerprint density at radius 3 is 2.62 bits per heavy atom. The Labute approximate surface area is 189 Å². The molecule has 2 amide bonds. The second-order valence-electron chi connectivity index (χ2n) is 10.6. The molecule has 3 atom stereocenters. The van der Waals surface area contributed by atoms with E-state index in [4.69, 9.17) is 0 Å². The molecule has 1 aromatic heterocycles. The summed E-state index contributed by atoms with van der Waals surface area (Å²) < 4.78 is 3.23. The first-order valence-electron chi connectivity index (χ1n) is 11.9. The maximum Gasteiger partial charge on any atom is 0.329 e. The van der Waals surface area contributed by atoms with Gasteiger partial charge in [0.25, 0.3) is 0 Å². The van der Waals surface area contributed by atoms with Crippen molar-refractivity contribution in [3.8, 4) is 0 Å². The van der Waals surface area contributed by atoms with Crippen molar-refractivity contribution in [2.45, 2.75) is 77.8 Å². The summed E-state index contributed by atoms with van der Waals surface area (Å²) >= 11 is 0. The van der Waals surface area contributed by atoms with Crippen molar-refractivity contribution < 1.29 is 9.59 Å². The topological polar surface area (TPSA) is 85.1 Å². The van der Waals surface area contributed by atoms with E-state index >= 15 is 0 Å². The number of aromatic nitrogens is 2. The third kappa shape index (κ3) is 4.40. The predicted octanol–water partition coefficient (Wildman–Crippen LogP) is 3.05. The number of piperidine rings is 2. The number of hydrogen-bond donors (Lipinski definition) is 2. The van der Waals surface area contributed by atoms with Crippen LogP contribution >= 0.6 is 0 Å². The molecule has 2 aliphatic heterocycles. The fraction of sp³-hybridized carbons (Fsp3) is 0.640. The Bertz CT molecular complexity index is 1080. The SMILES string of the molecule is Cn1c(=O)n(C2CCC(=O)NC2=O)c2cccc(CCCC3CCNC(C(C)(C)C)C3)c21. The van der Waals surface area contributed by atoms with Crippen molar-refractivity contribution in [1.29, 1.82) is 0 Å². The summed E-state index contributed by atoms with van der Waals surface area (Å²) in [6.45, 7) is 8.01. The summed E-state index contributed by atoms with van der Waals surface area (Å²) in [5.74, 6) is 0.0731. The normalized spacial score (nSPS) is 24.7. The molecule has 4 rings (SSSR count). The lowest BCUT2D eigenvalue weighted by molar-refractivity contribution is -0.135. The lowest BCUT2D eigenvalue weighted by Crippen LogP contribution is -2.46. The monoisotopic (exact) mass is 440 g/mol. The molecule has 0 saturated carbocycles. The van der Waals surface area contributed by atoms with Gasteiger partial charge in [-0.2, -0.15) is 0 Å². The smallest absolute Gasteiger partial charge is 0.313 e. The molecule has 2 saturated heterocycles. The van der Waals surface area contributed by atoms with Gasteiger partial charge in [-0.25, -0.2) is 4.79 Å². The maximum absolute atomic E-state index is 13.1. The first kappa shape index (κ1) is 22.8. The highest BCUT2D eigenvalue weighted by atomic mass is 16.2. The molecule has 7 heteroatoms. The molecule has 3 heterocycles. The fourth-order valence-electron chi connectivity index (χ4n) is 5.45. The molecule has 0 bridgehead atoms. The van der Waals surface area contributed by atoms with Gasteiger partial charge in [0.2, 0.25) is 11.8 Å². The van der Waals surface area contributed by atoms with Crippen molar-refractivity contribution >= 4 is 22.8 Å². The number of aryl methyl sites for hydroxylation is 2. The molecule has 2 aliphatic rings. The van der Waals surface area contributed by atoms with Crippen LogP contribution < -0.4 is 16.3 Å². The first-order chi connectivity index (χ1) is 15.2. The highest BCUT2D eigenvalue weighted by Crippen LogP contribution is 2.32. The van der Waals surface area contributed by atoms with E-state index in [1.807, 2.05) is 12.1 Å². The van der Waals surface area contributed by atoms with Gasteiger partial charge in [-0.05, 0) is 61.6 Å². The molecule has 7 nitrogen and oxygen atoms in total. The fourth-order valence-corrected chi connectivity index (χ4v) is 5.45. The van der Waals surface area contributed by atoms with E-state index in [0.29, 0.717) is 12.5 Å². The standard InChI is InChI=1S/C25H36N4O3/c1-25(2,3)20-15-16(13-14-26-20)7-5-8-17-9-6-10-18-22(17)28(4)24(32)29(18)19-11-12-21(30)27-23(19)31/h6,9-10,16,19-20,26H,5,7-8,11-15H2,1-4H3,(H,27,30,31). The van der Waals surface area contributed by atoms with Gasteiger partial charge in [0.1, 0.15) is 6.04 Å². The van der Waals surface area contributed by atoms with Gasteiger partial charge in [0, 0.05) is 19.5 Å². The molecule has 0 radical (unpaired) electrons. The second kappa shape index (κ2) is 8.85. The van der Waals surface area contributed by atoms with Gasteiger partial charge in [0.15, 0.2) is 0 Å². The number of fused-ring (bicyclic) bond motifs is 1. The summed E-state index contributed by atoms with van der Waals surface area (Å²) in [6, 6.07) is 5.90. The van der Waals surface area contributed by atoms with Crippen LogP contribution in [0.25, 0.3) is 11.0 Å². The number of hydrogen-bond acceptors (Lipinski definition) is 4. The zero-order chi connectivity index (χ0) is 23.0. The van der Waals surface area contributed by atoms with Crippen LogP contribution in [0.15, 0.2) is 23.0 Å². The average Bonchev–Trinajstić information content (AvgIpc) is 2.99. The Hall–Kier alpha value is -2.41. The van der Waals surface area contributed by atoms with E-state index in [1.54, 1.807) is 16.2 Å². The minimum atomic E-state index is -0.636. The molecular weight excluding hydrogens is 404 g/mol. The Balaban J connectivity index is 1.52. The molecular formula is C25H36N4O3. The highest BCUT2D eigenvalue weighted by Gasteiger charge is 2.32. The summed E-state index contributed by atoms with van der Waals surface area (Å²) in [5.41, 5.74) is 2.91. The van der Waals surface area contributed by atoms with Gasteiger partial charge in [-0.1, -0.05) is 39.3 Å². The number of carbonyl (C=O) groups is 2. The second-order valence-corrected chi connectivity index (χ2v) is 10.6. The number of nitrogens with zero attached hydrogens (tertiary/aromatic N) is 2. The van der Waals surface area contributed by atoms with Crippen LogP contribution in [-0.2, 0) is 23.1 Å². The number of amides is 2. The van der Waals surface area contributed by atoms with Crippen LogP contribution in [0.3, 0.4) is 0 Å². The number of imidazole rings is 1. The van der Waals surface area contributed by atoms with E-state index in [-0.39, 0.29) is 29.3 Å². The highest BCUT2D eigenvalue weighted by molar-refractivity contribution is 6.00. The minimum Gasteiger partial charge on any atom is -0.313 e. The minimum absolute atomic E-state index is 0.201. The van der Waals surface area contributed by atoms with E-state index < -0.39 is 6.04 Å². The number of nitrogens with one attached hydrogen (secondary N) is 2. The first-order valence-corrected chi connectivity index (χ1v) is 11.9. The zero-order valence-electron chi connectivity index (χ0n) is 19.7.